The van der Waals surface area contributed by atoms with Crippen molar-refractivity contribution in [3.05, 3.63) is 59.7 Å². The predicted molar refractivity (Wildman–Crippen MR) is 96.6 cm³/mol. The maximum absolute atomic E-state index is 2.39. The number of benzene rings is 3. The van der Waals surface area contributed by atoms with E-state index in [1.165, 1.54) is 44.2 Å². The van der Waals surface area contributed by atoms with Gasteiger partial charge in [0, 0.05) is 0 Å². The summed E-state index contributed by atoms with van der Waals surface area (Å²) in [4.78, 5) is 0. The molecule has 0 spiro atoms. The fraction of sp³-hybridized carbons (Fsp3) is 0.273. The largest absolute Gasteiger partial charge is 0.0610 e. The molecule has 22 heavy (non-hydrogen) atoms. The number of hydrogen-bond acceptors (Lipinski definition) is 0. The van der Waals surface area contributed by atoms with Crippen molar-refractivity contribution < 1.29 is 0 Å². The number of hydrogen-bond donors (Lipinski definition) is 0. The quantitative estimate of drug-likeness (QED) is 0.383. The average molecular weight is 286 g/mol. The molecule has 0 aliphatic heterocycles. The van der Waals surface area contributed by atoms with Crippen molar-refractivity contribution in [2.24, 2.45) is 0 Å². The van der Waals surface area contributed by atoms with E-state index in [0.717, 1.165) is 0 Å². The summed E-state index contributed by atoms with van der Waals surface area (Å²) in [6.07, 6.45) is 0. The van der Waals surface area contributed by atoms with Gasteiger partial charge in [0.1, 0.15) is 0 Å². The molecule has 0 N–H and O–H groups in total. The van der Waals surface area contributed by atoms with Gasteiger partial charge < -0.3 is 0 Å². The third-order valence-electron chi connectivity index (χ3n) is 4.99. The molecular weight excluding hydrogens is 264 g/mol. The zero-order valence-electron chi connectivity index (χ0n) is 13.8. The lowest BCUT2D eigenvalue weighted by Gasteiger charge is -2.11. The maximum atomic E-state index is 2.39. The van der Waals surface area contributed by atoms with E-state index in [9.17, 15) is 0 Å². The van der Waals surface area contributed by atoms with E-state index in [4.69, 9.17) is 0 Å². The molecule has 110 valence electrons. The molecule has 0 heterocycles. The van der Waals surface area contributed by atoms with E-state index < -0.39 is 0 Å². The van der Waals surface area contributed by atoms with Crippen LogP contribution in [0.25, 0.3) is 33.0 Å². The monoisotopic (exact) mass is 286 g/mol. The Morgan fingerprint density at radius 3 is 2.09 bits per heavy atom. The standard InChI is InChI=1S/C22H22/c1-13(2)15-8-9-17-20-11-10-16(14(3)4)18-6-5-7-19(22(18)20)21(17)12-15/h5-14H,1-4H3. The molecule has 3 aromatic carbocycles. The minimum atomic E-state index is 0.555. The van der Waals surface area contributed by atoms with Crippen molar-refractivity contribution in [2.75, 3.05) is 0 Å². The molecule has 3 aromatic rings. The van der Waals surface area contributed by atoms with Crippen molar-refractivity contribution in [3.8, 4) is 22.3 Å². The lowest BCUT2D eigenvalue weighted by atomic mass is 9.93. The average Bonchev–Trinajstić information content (AvgIpc) is 2.83. The zero-order chi connectivity index (χ0) is 15.4. The Bertz CT molecular complexity index is 882. The number of rotatable bonds is 2. The van der Waals surface area contributed by atoms with Gasteiger partial charge in [0.15, 0.2) is 0 Å². The van der Waals surface area contributed by atoms with Crippen molar-refractivity contribution in [2.45, 2.75) is 39.5 Å². The minimum absolute atomic E-state index is 0.555. The molecule has 0 atom stereocenters. The van der Waals surface area contributed by atoms with Gasteiger partial charge >= 0.3 is 0 Å². The molecule has 0 unspecified atom stereocenters. The van der Waals surface area contributed by atoms with Gasteiger partial charge in [0.25, 0.3) is 0 Å². The smallest absolute Gasteiger partial charge is 0.00235 e. The Morgan fingerprint density at radius 1 is 0.636 bits per heavy atom. The predicted octanol–water partition coefficient (Wildman–Crippen LogP) is 6.73. The first kappa shape index (κ1) is 13.6. The van der Waals surface area contributed by atoms with E-state index in [-0.39, 0.29) is 0 Å². The molecule has 0 aromatic heterocycles. The second-order valence-electron chi connectivity index (χ2n) is 7.04. The van der Waals surface area contributed by atoms with Crippen LogP contribution < -0.4 is 0 Å². The van der Waals surface area contributed by atoms with Crippen LogP contribution in [0.4, 0.5) is 0 Å². The molecule has 0 saturated carbocycles. The molecule has 0 saturated heterocycles. The Hall–Kier alpha value is -2.08. The van der Waals surface area contributed by atoms with Crippen LogP contribution in [0.1, 0.15) is 50.7 Å². The van der Waals surface area contributed by atoms with Gasteiger partial charge in [-0.25, -0.2) is 0 Å². The summed E-state index contributed by atoms with van der Waals surface area (Å²) in [6.45, 7) is 9.09. The summed E-state index contributed by atoms with van der Waals surface area (Å²) in [5, 5.41) is 2.87. The summed E-state index contributed by atoms with van der Waals surface area (Å²) >= 11 is 0. The van der Waals surface area contributed by atoms with Crippen LogP contribution in [-0.2, 0) is 0 Å². The first-order valence-electron chi connectivity index (χ1n) is 8.28. The molecule has 0 radical (unpaired) electrons. The minimum Gasteiger partial charge on any atom is -0.0610 e. The van der Waals surface area contributed by atoms with Crippen molar-refractivity contribution >= 4 is 10.8 Å². The van der Waals surface area contributed by atoms with Crippen LogP contribution in [0.15, 0.2) is 48.5 Å². The van der Waals surface area contributed by atoms with Crippen LogP contribution in [0, 0.1) is 0 Å². The number of fused-ring (bicyclic) bond motifs is 3. The molecule has 0 heteroatoms. The SMILES string of the molecule is CC(C)c1ccc2c(c1)-c1cccc3c(C(C)C)ccc-2c13. The molecule has 0 fully saturated rings. The topological polar surface area (TPSA) is 0 Å². The zero-order valence-corrected chi connectivity index (χ0v) is 13.8. The third-order valence-corrected chi connectivity index (χ3v) is 4.99. The fourth-order valence-electron chi connectivity index (χ4n) is 3.76. The van der Waals surface area contributed by atoms with E-state index >= 15 is 0 Å². The van der Waals surface area contributed by atoms with E-state index in [1.807, 2.05) is 0 Å². The van der Waals surface area contributed by atoms with Gasteiger partial charge in [0.2, 0.25) is 0 Å². The molecular formula is C22H22. The highest BCUT2D eigenvalue weighted by molar-refractivity contribution is 6.16. The van der Waals surface area contributed by atoms with Crippen molar-refractivity contribution in [3.63, 3.8) is 0 Å². The van der Waals surface area contributed by atoms with E-state index in [2.05, 4.69) is 76.2 Å². The first-order valence-corrected chi connectivity index (χ1v) is 8.28. The first-order chi connectivity index (χ1) is 10.6. The van der Waals surface area contributed by atoms with Crippen LogP contribution in [-0.4, -0.2) is 0 Å². The van der Waals surface area contributed by atoms with Crippen molar-refractivity contribution in [1.82, 2.24) is 0 Å². The second-order valence-corrected chi connectivity index (χ2v) is 7.04. The summed E-state index contributed by atoms with van der Waals surface area (Å²) in [6, 6.07) is 18.4. The van der Waals surface area contributed by atoms with E-state index in [1.54, 1.807) is 0 Å². The Kier molecular flexibility index (Phi) is 2.91. The molecule has 0 bridgehead atoms. The Balaban J connectivity index is 2.08. The Labute approximate surface area is 132 Å². The fourth-order valence-corrected chi connectivity index (χ4v) is 3.76. The second kappa shape index (κ2) is 4.71. The summed E-state index contributed by atoms with van der Waals surface area (Å²) in [5.41, 5.74) is 8.50. The molecule has 1 aliphatic carbocycles. The molecule has 4 rings (SSSR count). The van der Waals surface area contributed by atoms with Crippen LogP contribution in [0.3, 0.4) is 0 Å². The summed E-state index contributed by atoms with van der Waals surface area (Å²) in [5.74, 6) is 1.12. The van der Waals surface area contributed by atoms with Crippen LogP contribution >= 0.6 is 0 Å². The van der Waals surface area contributed by atoms with Gasteiger partial charge in [-0.15, -0.1) is 0 Å². The lowest BCUT2D eigenvalue weighted by Crippen LogP contribution is -1.89. The van der Waals surface area contributed by atoms with E-state index in [0.29, 0.717) is 11.8 Å². The highest BCUT2D eigenvalue weighted by atomic mass is 14.3. The lowest BCUT2D eigenvalue weighted by molar-refractivity contribution is 0.867. The van der Waals surface area contributed by atoms with Crippen LogP contribution in [0.2, 0.25) is 0 Å². The summed E-state index contributed by atoms with van der Waals surface area (Å²) < 4.78 is 0. The van der Waals surface area contributed by atoms with Gasteiger partial charge in [-0.2, -0.15) is 0 Å². The van der Waals surface area contributed by atoms with Gasteiger partial charge in [-0.3, -0.25) is 0 Å². The van der Waals surface area contributed by atoms with Crippen molar-refractivity contribution in [1.29, 1.82) is 0 Å². The highest BCUT2D eigenvalue weighted by Gasteiger charge is 2.23. The van der Waals surface area contributed by atoms with Gasteiger partial charge in [-0.1, -0.05) is 76.2 Å². The highest BCUT2D eigenvalue weighted by Crippen LogP contribution is 2.49. The maximum Gasteiger partial charge on any atom is -0.00235 e. The van der Waals surface area contributed by atoms with Crippen LogP contribution in [0.5, 0.6) is 0 Å². The molecule has 0 nitrogen and oxygen atoms in total. The Morgan fingerprint density at radius 2 is 1.36 bits per heavy atom. The molecule has 1 aliphatic rings. The molecule has 0 amide bonds. The summed E-state index contributed by atoms with van der Waals surface area (Å²) in [7, 11) is 0. The van der Waals surface area contributed by atoms with Gasteiger partial charge in [0.05, 0.1) is 0 Å². The third kappa shape index (κ3) is 1.76. The normalized spacial score (nSPS) is 12.5. The van der Waals surface area contributed by atoms with Gasteiger partial charge in [-0.05, 0) is 56.0 Å².